The quantitative estimate of drug-likeness (QED) is 0.748. The number of para-hydroxylation sites is 2. The zero-order valence-electron chi connectivity index (χ0n) is 11.4. The first-order valence-corrected chi connectivity index (χ1v) is 7.24. The van der Waals surface area contributed by atoms with E-state index in [0.717, 1.165) is 5.52 Å². The highest BCUT2D eigenvalue weighted by Gasteiger charge is 2.23. The number of aromatic nitrogens is 2. The Morgan fingerprint density at radius 2 is 1.83 bits per heavy atom. The molecule has 0 amide bonds. The molecule has 0 bridgehead atoms. The van der Waals surface area contributed by atoms with Crippen molar-refractivity contribution in [3.8, 4) is 0 Å². The zero-order chi connectivity index (χ0) is 12.5. The summed E-state index contributed by atoms with van der Waals surface area (Å²) >= 11 is 0. The lowest BCUT2D eigenvalue weighted by Crippen LogP contribution is -2.13. The van der Waals surface area contributed by atoms with E-state index in [1.54, 1.807) is 0 Å². The van der Waals surface area contributed by atoms with Gasteiger partial charge in [0.1, 0.15) is 5.82 Å². The predicted molar refractivity (Wildman–Crippen MR) is 75.9 cm³/mol. The Balaban J connectivity index is 2.11. The minimum atomic E-state index is 0.495. The Labute approximate surface area is 109 Å². The number of imidazole rings is 1. The average Bonchev–Trinajstić information content (AvgIpc) is 2.79. The van der Waals surface area contributed by atoms with Crippen LogP contribution in [0.3, 0.4) is 0 Å². The van der Waals surface area contributed by atoms with E-state index in [1.165, 1.54) is 43.4 Å². The van der Waals surface area contributed by atoms with Gasteiger partial charge in [0.25, 0.3) is 0 Å². The fraction of sp³-hybridized carbons (Fsp3) is 0.562. The second kappa shape index (κ2) is 4.75. The van der Waals surface area contributed by atoms with Crippen molar-refractivity contribution in [3.63, 3.8) is 0 Å². The summed E-state index contributed by atoms with van der Waals surface area (Å²) in [6.07, 6.45) is 6.77. The molecule has 0 saturated heterocycles. The predicted octanol–water partition coefficient (Wildman–Crippen LogP) is 4.66. The second-order valence-corrected chi connectivity index (χ2v) is 5.76. The van der Waals surface area contributed by atoms with Gasteiger partial charge in [-0.05, 0) is 38.8 Å². The van der Waals surface area contributed by atoms with Crippen LogP contribution in [0.5, 0.6) is 0 Å². The molecule has 2 heteroatoms. The van der Waals surface area contributed by atoms with E-state index in [-0.39, 0.29) is 0 Å². The molecular formula is C16H22N2. The summed E-state index contributed by atoms with van der Waals surface area (Å²) in [5.74, 6) is 2.00. The summed E-state index contributed by atoms with van der Waals surface area (Å²) in [6, 6.07) is 9.04. The van der Waals surface area contributed by atoms with Crippen molar-refractivity contribution in [2.75, 3.05) is 0 Å². The molecule has 0 aliphatic heterocycles. The summed E-state index contributed by atoms with van der Waals surface area (Å²) in [5, 5.41) is 0. The first-order valence-electron chi connectivity index (χ1n) is 7.24. The lowest BCUT2D eigenvalue weighted by molar-refractivity contribution is 0.409. The number of fused-ring (bicyclic) bond motifs is 1. The van der Waals surface area contributed by atoms with Gasteiger partial charge < -0.3 is 4.57 Å². The molecule has 1 aliphatic carbocycles. The van der Waals surface area contributed by atoms with Crippen LogP contribution >= 0.6 is 0 Å². The van der Waals surface area contributed by atoms with Gasteiger partial charge in [0.2, 0.25) is 0 Å². The summed E-state index contributed by atoms with van der Waals surface area (Å²) < 4.78 is 2.45. The summed E-state index contributed by atoms with van der Waals surface area (Å²) in [4.78, 5) is 4.92. The molecule has 0 N–H and O–H groups in total. The average molecular weight is 242 g/mol. The topological polar surface area (TPSA) is 17.8 Å². The summed E-state index contributed by atoms with van der Waals surface area (Å²) in [7, 11) is 0. The van der Waals surface area contributed by atoms with E-state index < -0.39 is 0 Å². The number of hydrogen-bond donors (Lipinski definition) is 0. The standard InChI is InChI=1S/C16H22N2/c1-12(2)18-15-11-7-6-10-14(15)17-16(18)13-8-4-3-5-9-13/h6-7,10-13H,3-5,8-9H2,1-2H3. The molecule has 0 radical (unpaired) electrons. The minimum Gasteiger partial charge on any atom is -0.325 e. The maximum absolute atomic E-state index is 4.92. The molecule has 2 nitrogen and oxygen atoms in total. The minimum absolute atomic E-state index is 0.495. The van der Waals surface area contributed by atoms with Gasteiger partial charge in [0.15, 0.2) is 0 Å². The van der Waals surface area contributed by atoms with Crippen molar-refractivity contribution in [1.82, 2.24) is 9.55 Å². The van der Waals surface area contributed by atoms with Gasteiger partial charge in [-0.15, -0.1) is 0 Å². The molecule has 1 aromatic heterocycles. The third-order valence-electron chi connectivity index (χ3n) is 4.11. The maximum atomic E-state index is 4.92. The second-order valence-electron chi connectivity index (χ2n) is 5.76. The SMILES string of the molecule is CC(C)n1c(C2CCCCC2)nc2ccccc21. The van der Waals surface area contributed by atoms with Gasteiger partial charge in [-0.25, -0.2) is 4.98 Å². The first-order chi connectivity index (χ1) is 8.77. The van der Waals surface area contributed by atoms with E-state index in [0.29, 0.717) is 12.0 Å². The molecule has 0 unspecified atom stereocenters. The molecule has 2 aromatic rings. The van der Waals surface area contributed by atoms with Crippen LogP contribution in [0.1, 0.15) is 63.7 Å². The summed E-state index contributed by atoms with van der Waals surface area (Å²) in [6.45, 7) is 4.53. The van der Waals surface area contributed by atoms with E-state index in [4.69, 9.17) is 4.98 Å². The highest BCUT2D eigenvalue weighted by atomic mass is 15.1. The third kappa shape index (κ3) is 1.94. The first kappa shape index (κ1) is 11.8. The van der Waals surface area contributed by atoms with Gasteiger partial charge in [0.05, 0.1) is 11.0 Å². The monoisotopic (exact) mass is 242 g/mol. The number of hydrogen-bond acceptors (Lipinski definition) is 1. The molecule has 1 aliphatic rings. The van der Waals surface area contributed by atoms with Crippen LogP contribution in [0.2, 0.25) is 0 Å². The largest absolute Gasteiger partial charge is 0.325 e. The number of rotatable bonds is 2. The lowest BCUT2D eigenvalue weighted by atomic mass is 9.88. The Hall–Kier alpha value is -1.31. The molecule has 0 spiro atoms. The molecule has 18 heavy (non-hydrogen) atoms. The van der Waals surface area contributed by atoms with E-state index in [9.17, 15) is 0 Å². The van der Waals surface area contributed by atoms with Gasteiger partial charge in [0, 0.05) is 12.0 Å². The lowest BCUT2D eigenvalue weighted by Gasteiger charge is -2.23. The number of nitrogens with zero attached hydrogens (tertiary/aromatic N) is 2. The van der Waals surface area contributed by atoms with Crippen LogP contribution in [0, 0.1) is 0 Å². The van der Waals surface area contributed by atoms with Crippen molar-refractivity contribution in [2.24, 2.45) is 0 Å². The van der Waals surface area contributed by atoms with Crippen LogP contribution < -0.4 is 0 Å². The molecule has 1 aromatic carbocycles. The fourth-order valence-electron chi connectivity index (χ4n) is 3.25. The van der Waals surface area contributed by atoms with E-state index in [1.807, 2.05) is 0 Å². The van der Waals surface area contributed by atoms with Crippen LogP contribution in [0.25, 0.3) is 11.0 Å². The Morgan fingerprint density at radius 3 is 2.56 bits per heavy atom. The number of benzene rings is 1. The molecule has 3 rings (SSSR count). The molecule has 1 fully saturated rings. The zero-order valence-corrected chi connectivity index (χ0v) is 11.4. The Kier molecular flexibility index (Phi) is 3.11. The third-order valence-corrected chi connectivity index (χ3v) is 4.11. The highest BCUT2D eigenvalue weighted by Crippen LogP contribution is 2.35. The maximum Gasteiger partial charge on any atom is 0.113 e. The van der Waals surface area contributed by atoms with Crippen molar-refractivity contribution in [2.45, 2.75) is 57.9 Å². The van der Waals surface area contributed by atoms with Crippen molar-refractivity contribution < 1.29 is 0 Å². The van der Waals surface area contributed by atoms with Crippen molar-refractivity contribution in [1.29, 1.82) is 0 Å². The van der Waals surface area contributed by atoms with Gasteiger partial charge >= 0.3 is 0 Å². The van der Waals surface area contributed by atoms with Crippen LogP contribution in [-0.2, 0) is 0 Å². The van der Waals surface area contributed by atoms with Crippen molar-refractivity contribution >= 4 is 11.0 Å². The van der Waals surface area contributed by atoms with E-state index >= 15 is 0 Å². The molecular weight excluding hydrogens is 220 g/mol. The van der Waals surface area contributed by atoms with Crippen molar-refractivity contribution in [3.05, 3.63) is 30.1 Å². The van der Waals surface area contributed by atoms with Gasteiger partial charge in [-0.2, -0.15) is 0 Å². The van der Waals surface area contributed by atoms with Gasteiger partial charge in [-0.3, -0.25) is 0 Å². The van der Waals surface area contributed by atoms with Crippen LogP contribution in [0.15, 0.2) is 24.3 Å². The normalized spacial score (nSPS) is 17.7. The smallest absolute Gasteiger partial charge is 0.113 e. The Morgan fingerprint density at radius 1 is 1.11 bits per heavy atom. The molecule has 96 valence electrons. The fourth-order valence-corrected chi connectivity index (χ4v) is 3.25. The highest BCUT2D eigenvalue weighted by molar-refractivity contribution is 5.76. The Bertz CT molecular complexity index is 533. The van der Waals surface area contributed by atoms with E-state index in [2.05, 4.69) is 42.7 Å². The van der Waals surface area contributed by atoms with Crippen LogP contribution in [0.4, 0.5) is 0 Å². The molecule has 1 heterocycles. The van der Waals surface area contributed by atoms with Crippen LogP contribution in [-0.4, -0.2) is 9.55 Å². The summed E-state index contributed by atoms with van der Waals surface area (Å²) in [5.41, 5.74) is 2.46. The van der Waals surface area contributed by atoms with Gasteiger partial charge in [-0.1, -0.05) is 31.4 Å². The molecule has 0 atom stereocenters. The molecule has 1 saturated carbocycles.